The van der Waals surface area contributed by atoms with Crippen LogP contribution in [0, 0.1) is 25.2 Å². The summed E-state index contributed by atoms with van der Waals surface area (Å²) in [7, 11) is 5.27. The Labute approximate surface area is 402 Å². The Hall–Kier alpha value is -5.70. The first-order valence-electron chi connectivity index (χ1n) is 23.2. The Balaban J connectivity index is 1.06. The molecule has 1 unspecified atom stereocenters. The molecule has 9 rings (SSSR count). The van der Waals surface area contributed by atoms with Crippen molar-refractivity contribution in [1.82, 2.24) is 20.4 Å². The van der Waals surface area contributed by atoms with E-state index in [2.05, 4.69) is 81.1 Å². The third kappa shape index (κ3) is 8.57. The van der Waals surface area contributed by atoms with Crippen molar-refractivity contribution in [2.75, 3.05) is 66.1 Å². The van der Waals surface area contributed by atoms with Crippen molar-refractivity contribution in [2.45, 2.75) is 95.2 Å². The van der Waals surface area contributed by atoms with Gasteiger partial charge in [0.2, 0.25) is 12.7 Å². The van der Waals surface area contributed by atoms with Crippen molar-refractivity contribution in [1.29, 1.82) is 5.26 Å². The number of rotatable bonds is 15. The second-order valence-corrected chi connectivity index (χ2v) is 20.2. The quantitative estimate of drug-likeness (QED) is 0.0816. The summed E-state index contributed by atoms with van der Waals surface area (Å²) in [5.41, 5.74) is 8.82. The van der Waals surface area contributed by atoms with Crippen molar-refractivity contribution in [3.05, 3.63) is 99.1 Å². The molecule has 0 radical (unpaired) electrons. The molecule has 68 heavy (non-hydrogen) atoms. The molecule has 4 aromatic carbocycles. The summed E-state index contributed by atoms with van der Waals surface area (Å²) in [6, 6.07) is 18.3. The molecular formula is C52H61N5O10S. The number of aromatic hydroxyl groups is 1. The molecule has 4 heterocycles. The van der Waals surface area contributed by atoms with Crippen LogP contribution in [0.5, 0.6) is 28.7 Å². The molecule has 5 aliphatic rings. The Morgan fingerprint density at radius 3 is 2.35 bits per heavy atom. The SMILES string of the molecule is COCCOCOc1c(OC)c(C)cc2c1[C@@H]1C3Cc4c(O)c(C)c5c(c4[C@H](CNC(=O)[C@@H](CSCC4c6ccccc6-c6ccccc64)NC(=O)OC(C)(C)C)N3[C@@H](C#N)[C@H](C2)N1C)OCO5. The van der Waals surface area contributed by atoms with Gasteiger partial charge in [-0.25, -0.2) is 4.79 Å². The maximum atomic E-state index is 14.8. The zero-order valence-electron chi connectivity index (χ0n) is 40.0. The van der Waals surface area contributed by atoms with Crippen LogP contribution in [0.2, 0.25) is 0 Å². The molecule has 3 N–H and O–H groups in total. The van der Waals surface area contributed by atoms with Crippen LogP contribution in [0.15, 0.2) is 54.6 Å². The number of phenols is 1. The standard InChI is InChI=1S/C52H61N5O10S/c1-28-19-30-20-38-40(22-53)57-39(44(56(38)6)42(30)48(46(28)62-8)64-26-63-18-17-61-7)21-35-43(49-47(65-27-66-49)29(2)45(35)58)41(57)23-54-50(59)37(55-51(60)67-52(3,4)5)25-68-24-36-33-15-11-9-13-31(33)32-14-10-12-16-34(32)36/h9-16,19,36-41,44,58H,17-18,20-21,23-27H2,1-8H3,(H,54,59)(H,55,60)/t37-,38+,39?,40+,41+,44+/m1/s1. The molecule has 360 valence electrons. The highest BCUT2D eigenvalue weighted by molar-refractivity contribution is 7.99. The van der Waals surface area contributed by atoms with Crippen LogP contribution in [0.3, 0.4) is 0 Å². The van der Waals surface area contributed by atoms with E-state index in [1.54, 1.807) is 53.7 Å². The third-order valence-electron chi connectivity index (χ3n) is 14.0. The number of aryl methyl sites for hydroxylation is 1. The lowest BCUT2D eigenvalue weighted by atomic mass is 9.71. The Bertz CT molecular complexity index is 2580. The number of thioether (sulfide) groups is 1. The van der Waals surface area contributed by atoms with Crippen molar-refractivity contribution < 1.29 is 47.9 Å². The van der Waals surface area contributed by atoms with Gasteiger partial charge in [-0.1, -0.05) is 54.6 Å². The van der Waals surface area contributed by atoms with Gasteiger partial charge in [0, 0.05) is 65.4 Å². The molecule has 2 amide bonds. The summed E-state index contributed by atoms with van der Waals surface area (Å²) in [4.78, 5) is 32.7. The number of carbonyl (C=O) groups excluding carboxylic acids is 2. The monoisotopic (exact) mass is 947 g/mol. The first kappa shape index (κ1) is 47.4. The smallest absolute Gasteiger partial charge is 0.408 e. The Morgan fingerprint density at radius 2 is 1.68 bits per heavy atom. The van der Waals surface area contributed by atoms with Crippen LogP contribution < -0.4 is 29.6 Å². The number of methoxy groups -OCH3 is 2. The lowest BCUT2D eigenvalue weighted by Gasteiger charge is -2.60. The second-order valence-electron chi connectivity index (χ2n) is 19.1. The molecule has 1 saturated heterocycles. The van der Waals surface area contributed by atoms with Gasteiger partial charge in [-0.3, -0.25) is 14.6 Å². The molecule has 4 aromatic rings. The number of amides is 2. The summed E-state index contributed by atoms with van der Waals surface area (Å²) >= 11 is 1.59. The van der Waals surface area contributed by atoms with E-state index in [1.165, 1.54) is 22.3 Å². The largest absolute Gasteiger partial charge is 0.507 e. The molecule has 1 fully saturated rings. The zero-order chi connectivity index (χ0) is 48.0. The number of nitrogens with one attached hydrogen (secondary N) is 2. The molecular weight excluding hydrogens is 887 g/mol. The number of ether oxygens (including phenoxy) is 7. The number of hydrogen-bond donors (Lipinski definition) is 3. The maximum Gasteiger partial charge on any atom is 0.408 e. The van der Waals surface area contributed by atoms with E-state index in [0.29, 0.717) is 71.5 Å². The van der Waals surface area contributed by atoms with Crippen LogP contribution in [0.4, 0.5) is 4.79 Å². The van der Waals surface area contributed by atoms with E-state index in [9.17, 15) is 20.0 Å². The lowest BCUT2D eigenvalue weighted by molar-refractivity contribution is -0.123. The minimum Gasteiger partial charge on any atom is -0.507 e. The first-order valence-corrected chi connectivity index (χ1v) is 24.4. The predicted molar refractivity (Wildman–Crippen MR) is 257 cm³/mol. The van der Waals surface area contributed by atoms with Gasteiger partial charge >= 0.3 is 6.09 Å². The van der Waals surface area contributed by atoms with E-state index in [1.807, 2.05) is 14.0 Å². The van der Waals surface area contributed by atoms with Gasteiger partial charge in [-0.2, -0.15) is 17.0 Å². The lowest BCUT2D eigenvalue weighted by Crippen LogP contribution is -2.69. The van der Waals surface area contributed by atoms with Crippen LogP contribution >= 0.6 is 11.8 Å². The minimum absolute atomic E-state index is 0.0171. The number of benzene rings is 4. The highest BCUT2D eigenvalue weighted by Crippen LogP contribution is 2.58. The summed E-state index contributed by atoms with van der Waals surface area (Å²) in [6.07, 6.45) is 0.174. The molecule has 6 atom stereocenters. The fraction of sp³-hybridized carbons (Fsp3) is 0.481. The molecule has 0 spiro atoms. The van der Waals surface area contributed by atoms with Crippen LogP contribution in [-0.4, -0.2) is 123 Å². The average Bonchev–Trinajstić information content (AvgIpc) is 3.93. The summed E-state index contributed by atoms with van der Waals surface area (Å²) in [6.45, 7) is 9.81. The Kier molecular flexibility index (Phi) is 13.5. The Morgan fingerprint density at radius 1 is 0.971 bits per heavy atom. The number of likely N-dealkylation sites (N-methyl/N-ethyl adjacent to an activating group) is 1. The van der Waals surface area contributed by atoms with Crippen molar-refractivity contribution in [3.8, 4) is 45.9 Å². The predicted octanol–water partition coefficient (Wildman–Crippen LogP) is 7.07. The van der Waals surface area contributed by atoms with Crippen molar-refractivity contribution in [2.24, 2.45) is 0 Å². The van der Waals surface area contributed by atoms with E-state index >= 15 is 0 Å². The average molecular weight is 948 g/mol. The number of fused-ring (bicyclic) bond motifs is 12. The van der Waals surface area contributed by atoms with E-state index in [-0.39, 0.29) is 49.6 Å². The van der Waals surface area contributed by atoms with E-state index in [0.717, 1.165) is 16.7 Å². The fourth-order valence-electron chi connectivity index (χ4n) is 11.2. The van der Waals surface area contributed by atoms with Crippen LogP contribution in [0.25, 0.3) is 11.1 Å². The van der Waals surface area contributed by atoms with E-state index < -0.39 is 41.8 Å². The molecule has 0 saturated carbocycles. The molecule has 4 aliphatic heterocycles. The first-order chi connectivity index (χ1) is 32.8. The molecule has 15 nitrogen and oxygen atoms in total. The van der Waals surface area contributed by atoms with Crippen molar-refractivity contribution >= 4 is 23.8 Å². The number of piperazine rings is 1. The molecule has 1 aliphatic carbocycles. The number of alkyl carbamates (subject to hydrolysis) is 1. The van der Waals surface area contributed by atoms with Crippen LogP contribution in [-0.2, 0) is 31.8 Å². The third-order valence-corrected chi connectivity index (χ3v) is 15.1. The van der Waals surface area contributed by atoms with Gasteiger partial charge in [0.05, 0.1) is 38.5 Å². The topological polar surface area (TPSA) is 173 Å². The number of nitriles is 1. The van der Waals surface area contributed by atoms with Gasteiger partial charge in [0.25, 0.3) is 0 Å². The molecule has 16 heteroatoms. The maximum absolute atomic E-state index is 14.8. The highest BCUT2D eigenvalue weighted by Gasteiger charge is 2.57. The minimum atomic E-state index is -0.982. The second kappa shape index (κ2) is 19.4. The van der Waals surface area contributed by atoms with Gasteiger partial charge in [-0.15, -0.1) is 0 Å². The number of phenolic OH excluding ortho intramolecular Hbond substituents is 1. The van der Waals surface area contributed by atoms with Gasteiger partial charge in [0.1, 0.15) is 23.4 Å². The zero-order valence-corrected chi connectivity index (χ0v) is 40.8. The summed E-state index contributed by atoms with van der Waals surface area (Å²) in [5.74, 6) is 2.78. The van der Waals surface area contributed by atoms with Gasteiger partial charge in [-0.05, 0) is 87.9 Å². The number of hydrogen-bond acceptors (Lipinski definition) is 14. The number of nitrogens with zero attached hydrogens (tertiary/aromatic N) is 3. The normalized spacial score (nSPS) is 21.6. The summed E-state index contributed by atoms with van der Waals surface area (Å²) < 4.78 is 41.4. The van der Waals surface area contributed by atoms with Gasteiger partial charge < -0.3 is 48.9 Å². The number of carbonyl (C=O) groups is 2. The van der Waals surface area contributed by atoms with Crippen LogP contribution in [0.1, 0.15) is 83.3 Å². The summed E-state index contributed by atoms with van der Waals surface area (Å²) in [5, 5.41) is 29.5. The van der Waals surface area contributed by atoms with E-state index in [4.69, 9.17) is 33.2 Å². The molecule has 0 aromatic heterocycles. The van der Waals surface area contributed by atoms with Gasteiger partial charge in [0.15, 0.2) is 29.8 Å². The van der Waals surface area contributed by atoms with Crippen molar-refractivity contribution in [3.63, 3.8) is 0 Å². The molecule has 2 bridgehead atoms. The fourth-order valence-corrected chi connectivity index (χ4v) is 12.4. The highest BCUT2D eigenvalue weighted by atomic mass is 32.2.